The summed E-state index contributed by atoms with van der Waals surface area (Å²) in [5.41, 5.74) is 0. The Morgan fingerprint density at radius 3 is 0.333 bits per heavy atom. The van der Waals surface area contributed by atoms with Gasteiger partial charge < -0.3 is 27.4 Å². The second kappa shape index (κ2) is 205. The van der Waals surface area contributed by atoms with Crippen molar-refractivity contribution in [1.82, 2.24) is 0 Å². The monoisotopic (exact) mass is 300 g/mol. The molecule has 9 heteroatoms. The molecule has 9 heavy (non-hydrogen) atoms. The van der Waals surface area contributed by atoms with Gasteiger partial charge in [-0.1, -0.05) is 0 Å². The maximum absolute atomic E-state index is 0. The Hall–Kier alpha value is 1.98. The van der Waals surface area contributed by atoms with E-state index < -0.39 is 0 Å². The summed E-state index contributed by atoms with van der Waals surface area (Å²) in [6.07, 6.45) is 0. The van der Waals surface area contributed by atoms with E-state index in [4.69, 9.17) is 0 Å². The van der Waals surface area contributed by atoms with Gasteiger partial charge in [-0.3, -0.25) is 0 Å². The SMILES string of the molecule is [Co].[Co].[O-2].[O-2].[O-2].[O-2].[O-2].[V+5].[V+5]. The molecule has 0 saturated heterocycles. The molecular formula is Co2O5V2. The number of hydrogen-bond acceptors (Lipinski definition) is 0. The molecule has 0 amide bonds. The summed E-state index contributed by atoms with van der Waals surface area (Å²) in [5, 5.41) is 0. The Balaban J connectivity index is 0. The van der Waals surface area contributed by atoms with Gasteiger partial charge in [-0.05, 0) is 0 Å². The first-order chi connectivity index (χ1) is 0. The molecule has 0 heterocycles. The van der Waals surface area contributed by atoms with Crippen LogP contribution in [0.3, 0.4) is 0 Å². The molecule has 0 aliphatic carbocycles. The van der Waals surface area contributed by atoms with Crippen molar-refractivity contribution in [3.05, 3.63) is 0 Å². The smallest absolute Gasteiger partial charge is 2.00 e. The van der Waals surface area contributed by atoms with E-state index in [2.05, 4.69) is 0 Å². The molecule has 5 nitrogen and oxygen atoms in total. The van der Waals surface area contributed by atoms with Crippen LogP contribution >= 0.6 is 0 Å². The summed E-state index contributed by atoms with van der Waals surface area (Å²) in [6.45, 7) is 0. The topological polar surface area (TPSA) is 142 Å². The first kappa shape index (κ1) is 279. The first-order valence-corrected chi connectivity index (χ1v) is 0. The molecule has 0 aliphatic heterocycles. The number of rotatable bonds is 0. The third kappa shape index (κ3) is 162. The second-order valence-electron chi connectivity index (χ2n) is 0. The summed E-state index contributed by atoms with van der Waals surface area (Å²) in [5.74, 6) is 0. The fourth-order valence-corrected chi connectivity index (χ4v) is 0. The van der Waals surface area contributed by atoms with Crippen LogP contribution in [0.1, 0.15) is 0 Å². The van der Waals surface area contributed by atoms with Gasteiger partial charge in [-0.15, -0.1) is 0 Å². The molecular weight excluding hydrogens is 300 g/mol. The van der Waals surface area contributed by atoms with Crippen LogP contribution in [0.25, 0.3) is 0 Å². The van der Waals surface area contributed by atoms with Gasteiger partial charge in [0.15, 0.2) is 0 Å². The van der Waals surface area contributed by atoms with Crippen molar-refractivity contribution in [2.75, 3.05) is 0 Å². The third-order valence-electron chi connectivity index (χ3n) is 0. The average molecular weight is 300 g/mol. The van der Waals surface area contributed by atoms with Crippen LogP contribution in [0.15, 0.2) is 0 Å². The van der Waals surface area contributed by atoms with E-state index in [1.54, 1.807) is 0 Å². The molecule has 0 atom stereocenters. The minimum absolute atomic E-state index is 0. The summed E-state index contributed by atoms with van der Waals surface area (Å²) in [6, 6.07) is 0. The molecule has 0 fully saturated rings. The predicted molar refractivity (Wildman–Crippen MR) is 3.43 cm³/mol. The van der Waals surface area contributed by atoms with Gasteiger partial charge in [0.1, 0.15) is 0 Å². The van der Waals surface area contributed by atoms with Crippen molar-refractivity contribution in [2.45, 2.75) is 0 Å². The van der Waals surface area contributed by atoms with Crippen LogP contribution in [-0.4, -0.2) is 0 Å². The van der Waals surface area contributed by atoms with Gasteiger partial charge in [-0.25, -0.2) is 0 Å². The van der Waals surface area contributed by atoms with Crippen molar-refractivity contribution < 1.29 is 98.0 Å². The van der Waals surface area contributed by atoms with Crippen LogP contribution < -0.4 is 0 Å². The van der Waals surface area contributed by atoms with E-state index in [-0.39, 0.29) is 98.0 Å². The fourth-order valence-electron chi connectivity index (χ4n) is 0. The van der Waals surface area contributed by atoms with E-state index >= 15 is 0 Å². The largest absolute Gasteiger partial charge is 5.00 e. The van der Waals surface area contributed by atoms with Crippen LogP contribution in [0, 0.1) is 0 Å². The van der Waals surface area contributed by atoms with Crippen molar-refractivity contribution in [1.29, 1.82) is 0 Å². The number of hydrogen-bond donors (Lipinski definition) is 0. The quantitative estimate of drug-likeness (QED) is 0.562. The van der Waals surface area contributed by atoms with Crippen LogP contribution in [0.2, 0.25) is 0 Å². The Morgan fingerprint density at radius 2 is 0.333 bits per heavy atom. The van der Waals surface area contributed by atoms with Crippen LogP contribution in [0.4, 0.5) is 0 Å². The third-order valence-corrected chi connectivity index (χ3v) is 0. The second-order valence-corrected chi connectivity index (χ2v) is 0. The maximum atomic E-state index is 0. The fraction of sp³-hybridized carbons (Fsp3) is 0. The Morgan fingerprint density at radius 1 is 0.333 bits per heavy atom. The molecule has 0 unspecified atom stereocenters. The minimum atomic E-state index is 0. The molecule has 0 N–H and O–H groups in total. The maximum Gasteiger partial charge on any atom is 5.00 e. The van der Waals surface area contributed by atoms with E-state index in [0.29, 0.717) is 0 Å². The zero-order valence-electron chi connectivity index (χ0n) is 3.60. The molecule has 0 saturated carbocycles. The standard InChI is InChI=1S/2Co.5O.2V/q;;5*-2;2*+5. The van der Waals surface area contributed by atoms with E-state index in [9.17, 15) is 0 Å². The first-order valence-electron chi connectivity index (χ1n) is 0. The van der Waals surface area contributed by atoms with Crippen molar-refractivity contribution >= 4 is 0 Å². The normalized spacial score (nSPS) is 0. The minimum Gasteiger partial charge on any atom is -2.00 e. The molecule has 0 aromatic heterocycles. The molecule has 2 radical (unpaired) electrons. The van der Waals surface area contributed by atoms with Gasteiger partial charge in [0.2, 0.25) is 0 Å². The molecule has 58 valence electrons. The Bertz CT molecular complexity index is 12.9. The van der Waals surface area contributed by atoms with Crippen molar-refractivity contribution in [3.8, 4) is 0 Å². The van der Waals surface area contributed by atoms with E-state index in [1.165, 1.54) is 0 Å². The van der Waals surface area contributed by atoms with Crippen LogP contribution in [-0.2, 0) is 98.0 Å². The van der Waals surface area contributed by atoms with Gasteiger partial charge in [0.25, 0.3) is 0 Å². The van der Waals surface area contributed by atoms with E-state index in [1.807, 2.05) is 0 Å². The van der Waals surface area contributed by atoms with Crippen molar-refractivity contribution in [2.24, 2.45) is 0 Å². The molecule has 0 aromatic rings. The molecule has 0 rings (SSSR count). The molecule has 0 spiro atoms. The summed E-state index contributed by atoms with van der Waals surface area (Å²) in [7, 11) is 0. The van der Waals surface area contributed by atoms with Gasteiger partial charge >= 0.3 is 37.1 Å². The summed E-state index contributed by atoms with van der Waals surface area (Å²) < 4.78 is 0. The zero-order valence-corrected chi connectivity index (χ0v) is 8.48. The Kier molecular flexibility index (Phi) is 6350. The predicted octanol–water partition coefficient (Wildman–Crippen LogP) is -0.604. The molecule has 0 bridgehead atoms. The van der Waals surface area contributed by atoms with E-state index in [0.717, 1.165) is 0 Å². The van der Waals surface area contributed by atoms with Crippen LogP contribution in [0.5, 0.6) is 0 Å². The average Bonchev–Trinajstić information content (AvgIpc) is 0. The van der Waals surface area contributed by atoms with Crippen molar-refractivity contribution in [3.63, 3.8) is 0 Å². The zero-order chi connectivity index (χ0) is 0. The summed E-state index contributed by atoms with van der Waals surface area (Å²) in [4.78, 5) is 0. The summed E-state index contributed by atoms with van der Waals surface area (Å²) >= 11 is 0. The van der Waals surface area contributed by atoms with Gasteiger partial charge in [0.05, 0.1) is 0 Å². The van der Waals surface area contributed by atoms with Gasteiger partial charge in [-0.2, -0.15) is 0 Å². The van der Waals surface area contributed by atoms with Gasteiger partial charge in [0, 0.05) is 33.6 Å². The molecule has 0 aliphatic rings. The Labute approximate surface area is 97.4 Å². The molecule has 0 aromatic carbocycles.